The van der Waals surface area contributed by atoms with Gasteiger partial charge in [0.2, 0.25) is 11.8 Å². The molecule has 1 N–H and O–H groups in total. The van der Waals surface area contributed by atoms with E-state index < -0.39 is 10.0 Å². The fourth-order valence-electron chi connectivity index (χ4n) is 6.41. The maximum Gasteiger partial charge on any atom is 0.308 e. The van der Waals surface area contributed by atoms with Crippen molar-refractivity contribution in [3.8, 4) is 17.1 Å². The monoisotopic (exact) mass is 634 g/mol. The smallest absolute Gasteiger partial charge is 0.308 e. The predicted molar refractivity (Wildman–Crippen MR) is 171 cm³/mol. The van der Waals surface area contributed by atoms with Gasteiger partial charge in [0.1, 0.15) is 6.61 Å². The molecule has 0 spiro atoms. The molecule has 2 aliphatic rings. The molecule has 11 heteroatoms. The molecule has 3 aromatic rings. The van der Waals surface area contributed by atoms with Gasteiger partial charge in [-0.25, -0.2) is 18.1 Å². The van der Waals surface area contributed by atoms with Gasteiger partial charge in [0, 0.05) is 23.2 Å². The second-order valence-corrected chi connectivity index (χ2v) is 14.2. The Kier molecular flexibility index (Phi) is 9.76. The molecule has 1 fully saturated rings. The number of sulfonamides is 1. The van der Waals surface area contributed by atoms with Gasteiger partial charge in [0.25, 0.3) is 15.9 Å². The number of carbonyl (C=O) groups excluding carboxylic acids is 2. The van der Waals surface area contributed by atoms with Crippen molar-refractivity contribution >= 4 is 27.8 Å². The lowest BCUT2D eigenvalue weighted by atomic mass is 9.84. The zero-order valence-corrected chi connectivity index (χ0v) is 27.4. The minimum atomic E-state index is -4.15. The van der Waals surface area contributed by atoms with Crippen molar-refractivity contribution in [2.45, 2.75) is 83.2 Å². The minimum Gasteiger partial charge on any atom is -0.475 e. The fraction of sp³-hybridized carbons (Fsp3) is 0.471. The van der Waals surface area contributed by atoms with E-state index in [2.05, 4.69) is 28.5 Å². The van der Waals surface area contributed by atoms with Crippen LogP contribution < -0.4 is 9.46 Å². The molecule has 4 bridgehead atoms. The summed E-state index contributed by atoms with van der Waals surface area (Å²) < 4.78 is 41.1. The summed E-state index contributed by atoms with van der Waals surface area (Å²) in [4.78, 5) is 37.5. The Balaban J connectivity index is 1.62. The van der Waals surface area contributed by atoms with Gasteiger partial charge < -0.3 is 14.4 Å². The summed E-state index contributed by atoms with van der Waals surface area (Å²) in [6, 6.07) is 13.2. The molecule has 1 amide bonds. The van der Waals surface area contributed by atoms with Crippen molar-refractivity contribution in [2.24, 2.45) is 11.8 Å². The molecular weight excluding hydrogens is 592 g/mol. The third kappa shape index (κ3) is 7.30. The van der Waals surface area contributed by atoms with E-state index in [-0.39, 0.29) is 58.8 Å². The summed E-state index contributed by atoms with van der Waals surface area (Å²) in [5.74, 6) is -0.209. The van der Waals surface area contributed by atoms with Gasteiger partial charge in [-0.1, -0.05) is 38.1 Å². The fourth-order valence-corrected chi connectivity index (χ4v) is 7.40. The molecule has 0 radical (unpaired) electrons. The van der Waals surface area contributed by atoms with Gasteiger partial charge in [-0.15, -0.1) is 0 Å². The van der Waals surface area contributed by atoms with Gasteiger partial charge in [0.05, 0.1) is 29.7 Å². The van der Waals surface area contributed by atoms with E-state index in [4.69, 9.17) is 9.47 Å². The van der Waals surface area contributed by atoms with Crippen molar-refractivity contribution in [1.82, 2.24) is 14.9 Å². The van der Waals surface area contributed by atoms with Crippen LogP contribution in [-0.2, 0) is 19.6 Å². The lowest BCUT2D eigenvalue weighted by molar-refractivity contribution is -0.146. The standard InChI is InChI=1S/C34H42N4O6S/c1-21(2)12-15-27-20-44-30-19-29(31-22(3)8-6-9-23(31)4)35-34(36-30)37-45(41,42)28-11-7-10-25(18-28)32(39)38(27)26-16-13-24(14-17-26)33(40)43-5/h6-11,18-19,21,24,26-27H,12-17,20H2,1-5H3,(H,35,36,37)/t24?,26?,27-/m1/s1. The number of nitrogens with one attached hydrogen (secondary N) is 1. The number of carbonyl (C=O) groups is 2. The number of hydrogen-bond donors (Lipinski definition) is 1. The largest absolute Gasteiger partial charge is 0.475 e. The minimum absolute atomic E-state index is 0.0655. The van der Waals surface area contributed by atoms with Crippen LogP contribution in [0.25, 0.3) is 11.3 Å². The molecule has 1 aliphatic heterocycles. The zero-order chi connectivity index (χ0) is 32.3. The van der Waals surface area contributed by atoms with E-state index in [1.54, 1.807) is 18.2 Å². The third-order valence-corrected chi connectivity index (χ3v) is 10.1. The highest BCUT2D eigenvalue weighted by molar-refractivity contribution is 7.92. The van der Waals surface area contributed by atoms with E-state index in [9.17, 15) is 18.0 Å². The van der Waals surface area contributed by atoms with Crippen molar-refractivity contribution in [2.75, 3.05) is 18.4 Å². The molecule has 1 saturated carbocycles. The number of esters is 1. The number of aryl methyl sites for hydroxylation is 2. The number of nitrogens with zero attached hydrogens (tertiary/aromatic N) is 3. The highest BCUT2D eigenvalue weighted by Crippen LogP contribution is 2.34. The van der Waals surface area contributed by atoms with E-state index in [1.807, 2.05) is 36.9 Å². The average molecular weight is 635 g/mol. The van der Waals surface area contributed by atoms with Crippen LogP contribution >= 0.6 is 0 Å². The molecule has 2 aromatic carbocycles. The van der Waals surface area contributed by atoms with Crippen molar-refractivity contribution < 1.29 is 27.5 Å². The summed E-state index contributed by atoms with van der Waals surface area (Å²) in [6.07, 6.45) is 3.98. The Labute approximate surface area is 265 Å². The number of aromatic nitrogens is 2. The second-order valence-electron chi connectivity index (χ2n) is 12.5. The number of anilines is 1. The summed E-state index contributed by atoms with van der Waals surface area (Å²) in [5, 5.41) is 0. The van der Waals surface area contributed by atoms with E-state index in [1.165, 1.54) is 19.2 Å². The maximum atomic E-state index is 14.4. The Bertz CT molecular complexity index is 1650. The van der Waals surface area contributed by atoms with Gasteiger partial charge in [-0.05, 0) is 87.6 Å². The van der Waals surface area contributed by atoms with E-state index in [0.29, 0.717) is 43.7 Å². The number of fused-ring (bicyclic) bond motifs is 4. The Morgan fingerprint density at radius 2 is 1.73 bits per heavy atom. The molecule has 2 heterocycles. The predicted octanol–water partition coefficient (Wildman–Crippen LogP) is 5.93. The number of amides is 1. The summed E-state index contributed by atoms with van der Waals surface area (Å²) in [5.41, 5.74) is 3.63. The highest BCUT2D eigenvalue weighted by Gasteiger charge is 2.37. The first-order valence-corrected chi connectivity index (χ1v) is 17.1. The van der Waals surface area contributed by atoms with Crippen LogP contribution in [0.5, 0.6) is 5.88 Å². The van der Waals surface area contributed by atoms with E-state index in [0.717, 1.165) is 23.1 Å². The first-order chi connectivity index (χ1) is 21.5. The maximum absolute atomic E-state index is 14.4. The number of ether oxygens (including phenoxy) is 2. The van der Waals surface area contributed by atoms with Crippen LogP contribution in [-0.4, -0.2) is 61.0 Å². The number of hydrogen-bond acceptors (Lipinski definition) is 8. The third-order valence-electron chi connectivity index (χ3n) is 8.81. The molecule has 5 rings (SSSR count). The highest BCUT2D eigenvalue weighted by atomic mass is 32.2. The lowest BCUT2D eigenvalue weighted by Gasteiger charge is -2.41. The van der Waals surface area contributed by atoms with Gasteiger partial charge >= 0.3 is 5.97 Å². The van der Waals surface area contributed by atoms with Gasteiger partial charge in [-0.2, -0.15) is 4.98 Å². The van der Waals surface area contributed by atoms with Crippen LogP contribution in [0.1, 0.15) is 73.9 Å². The number of methoxy groups -OCH3 is 1. The molecular formula is C34H42N4O6S. The second kappa shape index (κ2) is 13.6. The van der Waals surface area contributed by atoms with Gasteiger partial charge in [-0.3, -0.25) is 9.59 Å². The summed E-state index contributed by atoms with van der Waals surface area (Å²) in [6.45, 7) is 8.39. The zero-order valence-electron chi connectivity index (χ0n) is 26.6. The van der Waals surface area contributed by atoms with Crippen molar-refractivity contribution in [3.63, 3.8) is 0 Å². The van der Waals surface area contributed by atoms with Crippen LogP contribution in [0.2, 0.25) is 0 Å². The Hall–Kier alpha value is -3.99. The summed E-state index contributed by atoms with van der Waals surface area (Å²) >= 11 is 0. The first kappa shape index (κ1) is 32.4. The number of rotatable bonds is 6. The van der Waals surface area contributed by atoms with Crippen LogP contribution in [0.15, 0.2) is 53.4 Å². The van der Waals surface area contributed by atoms with Crippen LogP contribution in [0, 0.1) is 25.7 Å². The molecule has 0 saturated heterocycles. The molecule has 240 valence electrons. The number of benzene rings is 2. The topological polar surface area (TPSA) is 128 Å². The van der Waals surface area contributed by atoms with Crippen molar-refractivity contribution in [3.05, 3.63) is 65.2 Å². The molecule has 45 heavy (non-hydrogen) atoms. The molecule has 0 unspecified atom stereocenters. The van der Waals surface area contributed by atoms with Gasteiger partial charge in [0.15, 0.2) is 0 Å². The molecule has 1 atom stereocenters. The molecule has 1 aliphatic carbocycles. The van der Waals surface area contributed by atoms with Crippen LogP contribution in [0.4, 0.5) is 5.95 Å². The molecule has 1 aromatic heterocycles. The Morgan fingerprint density at radius 1 is 1.04 bits per heavy atom. The Morgan fingerprint density at radius 3 is 2.40 bits per heavy atom. The van der Waals surface area contributed by atoms with Crippen LogP contribution in [0.3, 0.4) is 0 Å². The summed E-state index contributed by atoms with van der Waals surface area (Å²) in [7, 11) is -2.75. The molecule has 10 nitrogen and oxygen atoms in total. The SMILES string of the molecule is COC(=O)C1CCC(N2C(=O)c3cccc(c3)S(=O)(=O)Nc3nc(cc(-c4c(C)cccc4C)n3)OC[C@H]2CCC(C)C)CC1. The quantitative estimate of drug-likeness (QED) is 0.331. The first-order valence-electron chi connectivity index (χ1n) is 15.6. The lowest BCUT2D eigenvalue weighted by Crippen LogP contribution is -2.51. The average Bonchev–Trinajstić information content (AvgIpc) is 3.01. The van der Waals surface area contributed by atoms with E-state index >= 15 is 0 Å². The normalized spacial score (nSPS) is 21.5. The van der Waals surface area contributed by atoms with Crippen molar-refractivity contribution in [1.29, 1.82) is 0 Å².